The van der Waals surface area contributed by atoms with E-state index in [1.165, 1.54) is 0 Å². The lowest BCUT2D eigenvalue weighted by atomic mass is 9.53. The van der Waals surface area contributed by atoms with Crippen molar-refractivity contribution < 1.29 is 15.3 Å². The molecule has 0 atom stereocenters. The third-order valence-electron chi connectivity index (χ3n) is 4.67. The van der Waals surface area contributed by atoms with Crippen molar-refractivity contribution in [2.75, 3.05) is 19.8 Å². The van der Waals surface area contributed by atoms with Crippen LogP contribution in [0.5, 0.6) is 0 Å². The third-order valence-corrected chi connectivity index (χ3v) is 4.67. The molecule has 0 aromatic heterocycles. The van der Waals surface area contributed by atoms with Crippen molar-refractivity contribution in [1.29, 1.82) is 0 Å². The summed E-state index contributed by atoms with van der Waals surface area (Å²) < 4.78 is 0. The lowest BCUT2D eigenvalue weighted by Gasteiger charge is -2.52. The highest BCUT2D eigenvalue weighted by molar-refractivity contribution is 5.08. The summed E-state index contributed by atoms with van der Waals surface area (Å²) in [6.07, 6.45) is 9.74. The Hall–Kier alpha value is -1.16. The molecule has 0 aliphatic carbocycles. The molecule has 0 saturated carbocycles. The highest BCUT2D eigenvalue weighted by Crippen LogP contribution is 2.53. The van der Waals surface area contributed by atoms with Gasteiger partial charge in [-0.05, 0) is 37.0 Å². The number of aliphatic hydroxyl groups is 3. The van der Waals surface area contributed by atoms with Crippen LogP contribution in [0.3, 0.4) is 0 Å². The molecule has 0 fully saturated rings. The maximum atomic E-state index is 9.91. The molecule has 0 unspecified atom stereocenters. The molecule has 0 amide bonds. The quantitative estimate of drug-likeness (QED) is 0.458. The molecular formula is C18H30O3. The summed E-state index contributed by atoms with van der Waals surface area (Å²) in [5.41, 5.74) is -1.55. The minimum absolute atomic E-state index is 0.0787. The van der Waals surface area contributed by atoms with Gasteiger partial charge in [0.05, 0.1) is 19.8 Å². The molecule has 0 rings (SSSR count). The first-order chi connectivity index (χ1) is 10.1. The van der Waals surface area contributed by atoms with Gasteiger partial charge in [-0.15, -0.1) is 26.3 Å². The monoisotopic (exact) mass is 294 g/mol. The van der Waals surface area contributed by atoms with E-state index in [4.69, 9.17) is 0 Å². The average Bonchev–Trinajstić information content (AvgIpc) is 2.49. The van der Waals surface area contributed by atoms with Crippen molar-refractivity contribution in [2.45, 2.75) is 25.7 Å². The predicted octanol–water partition coefficient (Wildman–Crippen LogP) is 2.86. The minimum Gasteiger partial charge on any atom is -0.396 e. The fourth-order valence-electron chi connectivity index (χ4n) is 3.37. The van der Waals surface area contributed by atoms with Gasteiger partial charge < -0.3 is 15.3 Å². The highest BCUT2D eigenvalue weighted by atomic mass is 16.3. The van der Waals surface area contributed by atoms with E-state index >= 15 is 0 Å². The molecule has 0 aromatic carbocycles. The number of allylic oxidation sites excluding steroid dienone is 4. The fourth-order valence-corrected chi connectivity index (χ4v) is 3.37. The average molecular weight is 294 g/mol. The Bertz CT molecular complexity index is 314. The number of hydrogen-bond acceptors (Lipinski definition) is 3. The first kappa shape index (κ1) is 19.8. The zero-order chi connectivity index (χ0) is 16.4. The van der Waals surface area contributed by atoms with Crippen LogP contribution in [0.4, 0.5) is 0 Å². The molecule has 0 aliphatic rings. The Morgan fingerprint density at radius 1 is 0.714 bits per heavy atom. The molecule has 0 bridgehead atoms. The van der Waals surface area contributed by atoms with E-state index in [0.717, 1.165) is 0 Å². The van der Waals surface area contributed by atoms with Crippen LogP contribution in [0.25, 0.3) is 0 Å². The van der Waals surface area contributed by atoms with E-state index < -0.39 is 10.8 Å². The summed E-state index contributed by atoms with van der Waals surface area (Å²) in [6, 6.07) is 0. The van der Waals surface area contributed by atoms with Crippen molar-refractivity contribution in [2.24, 2.45) is 16.7 Å². The molecule has 3 nitrogen and oxygen atoms in total. The maximum Gasteiger partial charge on any atom is 0.0537 e. The molecule has 120 valence electrons. The molecule has 0 aliphatic heterocycles. The lowest BCUT2D eigenvalue weighted by molar-refractivity contribution is -0.119. The van der Waals surface area contributed by atoms with Gasteiger partial charge in [0.25, 0.3) is 0 Å². The van der Waals surface area contributed by atoms with Crippen LogP contribution in [0.15, 0.2) is 50.6 Å². The van der Waals surface area contributed by atoms with E-state index in [2.05, 4.69) is 26.3 Å². The summed E-state index contributed by atoms with van der Waals surface area (Å²) in [6.45, 7) is 14.3. The summed E-state index contributed by atoms with van der Waals surface area (Å²) in [5, 5.41) is 29.7. The standard InChI is InChI=1S/C18H30O3/c1-5-9-16(10-6-2)18(11-7-3,12-8-4)17(13-19,14-20)15-21/h5-8,16,19-21H,1-4,9-15H2. The Morgan fingerprint density at radius 2 is 1.10 bits per heavy atom. The Kier molecular flexibility index (Phi) is 9.18. The first-order valence-corrected chi connectivity index (χ1v) is 7.34. The van der Waals surface area contributed by atoms with Gasteiger partial charge in [0.1, 0.15) is 0 Å². The largest absolute Gasteiger partial charge is 0.396 e. The predicted molar refractivity (Wildman–Crippen MR) is 88.9 cm³/mol. The Labute approximate surface area is 129 Å². The topological polar surface area (TPSA) is 60.7 Å². The van der Waals surface area contributed by atoms with Gasteiger partial charge in [-0.25, -0.2) is 0 Å². The van der Waals surface area contributed by atoms with Gasteiger partial charge in [-0.1, -0.05) is 24.3 Å². The van der Waals surface area contributed by atoms with Crippen molar-refractivity contribution in [1.82, 2.24) is 0 Å². The number of hydrogen-bond donors (Lipinski definition) is 3. The van der Waals surface area contributed by atoms with Gasteiger partial charge in [0, 0.05) is 5.41 Å². The Balaban J connectivity index is 6.11. The van der Waals surface area contributed by atoms with Crippen LogP contribution in [-0.4, -0.2) is 35.1 Å². The summed E-state index contributed by atoms with van der Waals surface area (Å²) in [4.78, 5) is 0. The van der Waals surface area contributed by atoms with Gasteiger partial charge in [-0.2, -0.15) is 0 Å². The maximum absolute atomic E-state index is 9.91. The molecule has 0 saturated heterocycles. The van der Waals surface area contributed by atoms with Crippen LogP contribution in [-0.2, 0) is 0 Å². The van der Waals surface area contributed by atoms with Crippen molar-refractivity contribution in [3.63, 3.8) is 0 Å². The fraction of sp³-hybridized carbons (Fsp3) is 0.556. The summed E-state index contributed by atoms with van der Waals surface area (Å²) in [7, 11) is 0. The van der Waals surface area contributed by atoms with Crippen LogP contribution in [0, 0.1) is 16.7 Å². The minimum atomic E-state index is -1.01. The van der Waals surface area contributed by atoms with E-state index in [1.54, 1.807) is 12.2 Å². The van der Waals surface area contributed by atoms with Crippen LogP contribution in [0.1, 0.15) is 25.7 Å². The summed E-state index contributed by atoms with van der Waals surface area (Å²) >= 11 is 0. The SMILES string of the molecule is C=CCC(CC=C)C(CC=C)(CC=C)C(CO)(CO)CO. The molecule has 0 radical (unpaired) electrons. The molecule has 21 heavy (non-hydrogen) atoms. The normalized spacial score (nSPS) is 12.2. The molecule has 0 heterocycles. The van der Waals surface area contributed by atoms with Gasteiger partial charge >= 0.3 is 0 Å². The molecule has 0 spiro atoms. The van der Waals surface area contributed by atoms with E-state index in [1.807, 2.05) is 12.2 Å². The second kappa shape index (κ2) is 9.72. The molecule has 3 N–H and O–H groups in total. The smallest absolute Gasteiger partial charge is 0.0537 e. The first-order valence-electron chi connectivity index (χ1n) is 7.34. The van der Waals surface area contributed by atoms with Crippen LogP contribution in [0.2, 0.25) is 0 Å². The van der Waals surface area contributed by atoms with Crippen molar-refractivity contribution in [3.8, 4) is 0 Å². The zero-order valence-corrected chi connectivity index (χ0v) is 13.0. The molecule has 3 heteroatoms. The highest BCUT2D eigenvalue weighted by Gasteiger charge is 2.52. The second-order valence-electron chi connectivity index (χ2n) is 5.64. The molecular weight excluding hydrogens is 264 g/mol. The van der Waals surface area contributed by atoms with Crippen LogP contribution >= 0.6 is 0 Å². The van der Waals surface area contributed by atoms with Gasteiger partial charge in [0.15, 0.2) is 0 Å². The van der Waals surface area contributed by atoms with E-state index in [9.17, 15) is 15.3 Å². The molecule has 0 aromatic rings. The number of rotatable bonds is 13. The van der Waals surface area contributed by atoms with E-state index in [-0.39, 0.29) is 25.7 Å². The Morgan fingerprint density at radius 3 is 1.33 bits per heavy atom. The van der Waals surface area contributed by atoms with Gasteiger partial charge in [-0.3, -0.25) is 0 Å². The lowest BCUT2D eigenvalue weighted by Crippen LogP contribution is -2.53. The van der Waals surface area contributed by atoms with Gasteiger partial charge in [0.2, 0.25) is 0 Å². The second-order valence-corrected chi connectivity index (χ2v) is 5.64. The number of aliphatic hydroxyl groups excluding tert-OH is 3. The third kappa shape index (κ3) is 3.94. The van der Waals surface area contributed by atoms with Crippen LogP contribution < -0.4 is 0 Å². The van der Waals surface area contributed by atoms with Crippen molar-refractivity contribution >= 4 is 0 Å². The van der Waals surface area contributed by atoms with Crippen molar-refractivity contribution in [3.05, 3.63) is 50.6 Å². The van der Waals surface area contributed by atoms with E-state index in [0.29, 0.717) is 25.7 Å². The zero-order valence-electron chi connectivity index (χ0n) is 13.0. The summed E-state index contributed by atoms with van der Waals surface area (Å²) in [5.74, 6) is 0.0787.